The third-order valence-corrected chi connectivity index (χ3v) is 4.10. The maximum atomic E-state index is 12.1. The van der Waals surface area contributed by atoms with Crippen molar-refractivity contribution >= 4 is 28.5 Å². The third-order valence-electron chi connectivity index (χ3n) is 4.10. The summed E-state index contributed by atoms with van der Waals surface area (Å²) in [5.74, 6) is 0. The van der Waals surface area contributed by atoms with Gasteiger partial charge in [-0.1, -0.05) is 0 Å². The fourth-order valence-corrected chi connectivity index (χ4v) is 2.87. The Labute approximate surface area is 149 Å². The lowest BCUT2D eigenvalue weighted by atomic mass is 10.0. The van der Waals surface area contributed by atoms with E-state index >= 15 is 0 Å². The number of non-ortho nitro benzene ring substituents is 1. The molecule has 1 aliphatic rings. The fraction of sp³-hybridized carbons (Fsp3) is 0.562. The molecule has 10 nitrogen and oxygen atoms in total. The zero-order valence-electron chi connectivity index (χ0n) is 14.9. The van der Waals surface area contributed by atoms with Crippen molar-refractivity contribution in [1.29, 1.82) is 0 Å². The number of nitrogens with one attached hydrogen (secondary N) is 1. The Kier molecular flexibility index (Phi) is 4.66. The summed E-state index contributed by atoms with van der Waals surface area (Å²) >= 11 is 0. The van der Waals surface area contributed by atoms with Crippen LogP contribution < -0.4 is 5.32 Å². The van der Waals surface area contributed by atoms with Crippen LogP contribution in [-0.2, 0) is 4.74 Å². The lowest BCUT2D eigenvalue weighted by molar-refractivity contribution is -0.383. The van der Waals surface area contributed by atoms with Crippen molar-refractivity contribution in [2.75, 3.05) is 18.4 Å². The Balaban J connectivity index is 1.64. The predicted octanol–water partition coefficient (Wildman–Crippen LogP) is 2.94. The number of carbonyl (C=O) groups excluding carboxylic acids is 1. The molecule has 140 valence electrons. The number of hydrogen-bond acceptors (Lipinski definition) is 8. The van der Waals surface area contributed by atoms with Crippen LogP contribution in [0.5, 0.6) is 0 Å². The molecule has 2 aromatic rings. The van der Waals surface area contributed by atoms with Crippen molar-refractivity contribution in [3.05, 3.63) is 22.2 Å². The highest BCUT2D eigenvalue weighted by molar-refractivity contribution is 5.93. The Morgan fingerprint density at radius 1 is 1.31 bits per heavy atom. The van der Waals surface area contributed by atoms with Gasteiger partial charge in [-0.25, -0.2) is 9.42 Å². The standard InChI is InChI=1S/C16H21N5O5/c1-16(2,3)25-15(22)20-8-6-10(7-9-20)17-11-4-5-12(21(23)24)14-13(11)18-26-19-14/h4-5,10,17H,6-9H2,1-3H3. The molecule has 1 aromatic carbocycles. The van der Waals surface area contributed by atoms with E-state index in [0.717, 1.165) is 12.8 Å². The molecule has 1 saturated heterocycles. The number of fused-ring (bicyclic) bond motifs is 1. The molecule has 1 N–H and O–H groups in total. The summed E-state index contributed by atoms with van der Waals surface area (Å²) in [4.78, 5) is 24.3. The highest BCUT2D eigenvalue weighted by Gasteiger charge is 2.28. The van der Waals surface area contributed by atoms with Gasteiger partial charge in [0.15, 0.2) is 5.52 Å². The van der Waals surface area contributed by atoms with Gasteiger partial charge in [-0.15, -0.1) is 0 Å². The molecule has 1 aliphatic heterocycles. The first-order chi connectivity index (χ1) is 12.2. The third kappa shape index (κ3) is 3.84. The number of aromatic nitrogens is 2. The van der Waals surface area contributed by atoms with Crippen LogP contribution >= 0.6 is 0 Å². The molecule has 0 saturated carbocycles. The van der Waals surface area contributed by atoms with Gasteiger partial charge in [-0.05, 0) is 50.0 Å². The maximum absolute atomic E-state index is 12.1. The van der Waals surface area contributed by atoms with Crippen molar-refractivity contribution in [3.8, 4) is 0 Å². The monoisotopic (exact) mass is 363 g/mol. The first kappa shape index (κ1) is 17.9. The highest BCUT2D eigenvalue weighted by atomic mass is 16.6. The molecule has 3 rings (SSSR count). The maximum Gasteiger partial charge on any atom is 0.410 e. The molecule has 1 amide bonds. The summed E-state index contributed by atoms with van der Waals surface area (Å²) in [5.41, 5.74) is 0.408. The van der Waals surface area contributed by atoms with Crippen molar-refractivity contribution in [1.82, 2.24) is 15.2 Å². The first-order valence-electron chi connectivity index (χ1n) is 8.39. The van der Waals surface area contributed by atoms with Crippen LogP contribution in [0.4, 0.5) is 16.2 Å². The number of ether oxygens (including phenoxy) is 1. The van der Waals surface area contributed by atoms with E-state index < -0.39 is 10.5 Å². The number of anilines is 1. The number of carbonyl (C=O) groups is 1. The second-order valence-electron chi connectivity index (χ2n) is 7.24. The molecular formula is C16H21N5O5. The molecule has 0 spiro atoms. The van der Waals surface area contributed by atoms with E-state index in [9.17, 15) is 14.9 Å². The molecule has 0 radical (unpaired) electrons. The van der Waals surface area contributed by atoms with Crippen LogP contribution in [0.15, 0.2) is 16.8 Å². The van der Waals surface area contributed by atoms with Gasteiger partial charge < -0.3 is 15.0 Å². The smallest absolute Gasteiger partial charge is 0.410 e. The first-order valence-corrected chi connectivity index (χ1v) is 8.39. The minimum Gasteiger partial charge on any atom is -0.444 e. The topological polar surface area (TPSA) is 124 Å². The summed E-state index contributed by atoms with van der Waals surface area (Å²) in [5, 5.41) is 21.8. The van der Waals surface area contributed by atoms with Gasteiger partial charge in [0.25, 0.3) is 0 Å². The SMILES string of the molecule is CC(C)(C)OC(=O)N1CCC(Nc2ccc([N+](=O)[O-])c3nonc23)CC1. The van der Waals surface area contributed by atoms with Crippen LogP contribution in [0.3, 0.4) is 0 Å². The molecule has 10 heteroatoms. The molecular weight excluding hydrogens is 342 g/mol. The summed E-state index contributed by atoms with van der Waals surface area (Å²) in [7, 11) is 0. The zero-order valence-corrected chi connectivity index (χ0v) is 14.9. The van der Waals surface area contributed by atoms with Gasteiger partial charge in [-0.2, -0.15) is 0 Å². The van der Waals surface area contributed by atoms with E-state index in [1.54, 1.807) is 11.0 Å². The van der Waals surface area contributed by atoms with Gasteiger partial charge in [0.1, 0.15) is 5.60 Å². The van der Waals surface area contributed by atoms with E-state index in [4.69, 9.17) is 4.74 Å². The van der Waals surface area contributed by atoms with Gasteiger partial charge in [0.2, 0.25) is 5.52 Å². The lowest BCUT2D eigenvalue weighted by Gasteiger charge is -2.34. The van der Waals surface area contributed by atoms with Crippen molar-refractivity contribution in [2.24, 2.45) is 0 Å². The van der Waals surface area contributed by atoms with Gasteiger partial charge in [-0.3, -0.25) is 10.1 Å². The van der Waals surface area contributed by atoms with Gasteiger partial charge in [0, 0.05) is 25.2 Å². The summed E-state index contributed by atoms with van der Waals surface area (Å²) in [6.45, 7) is 6.65. The minimum atomic E-state index is -0.518. The Bertz CT molecular complexity index is 820. The molecule has 2 heterocycles. The Hall–Kier alpha value is -2.91. The molecule has 1 fully saturated rings. The summed E-state index contributed by atoms with van der Waals surface area (Å²) < 4.78 is 10.1. The molecule has 0 unspecified atom stereocenters. The fourth-order valence-electron chi connectivity index (χ4n) is 2.87. The van der Waals surface area contributed by atoms with Crippen LogP contribution in [0.2, 0.25) is 0 Å². The van der Waals surface area contributed by atoms with Crippen LogP contribution in [-0.4, -0.2) is 51.0 Å². The molecule has 0 atom stereocenters. The van der Waals surface area contributed by atoms with E-state index in [2.05, 4.69) is 20.3 Å². The van der Waals surface area contributed by atoms with Crippen molar-refractivity contribution in [3.63, 3.8) is 0 Å². The number of nitro benzene ring substituents is 1. The average Bonchev–Trinajstić information content (AvgIpc) is 3.03. The zero-order chi connectivity index (χ0) is 18.9. The van der Waals surface area contributed by atoms with Crippen LogP contribution in [0.25, 0.3) is 11.0 Å². The quantitative estimate of drug-likeness (QED) is 0.652. The van der Waals surface area contributed by atoms with Gasteiger partial charge >= 0.3 is 11.8 Å². The highest BCUT2D eigenvalue weighted by Crippen LogP contribution is 2.30. The number of amides is 1. The number of hydrogen-bond donors (Lipinski definition) is 1. The van der Waals surface area contributed by atoms with E-state index in [1.165, 1.54) is 6.07 Å². The number of nitrogens with zero attached hydrogens (tertiary/aromatic N) is 4. The molecule has 1 aromatic heterocycles. The minimum absolute atomic E-state index is 0.107. The van der Waals surface area contributed by atoms with Crippen LogP contribution in [0.1, 0.15) is 33.6 Å². The molecule has 0 aliphatic carbocycles. The van der Waals surface area contributed by atoms with Crippen molar-refractivity contribution in [2.45, 2.75) is 45.3 Å². The molecule has 0 bridgehead atoms. The number of nitro groups is 1. The lowest BCUT2D eigenvalue weighted by Crippen LogP contribution is -2.44. The number of rotatable bonds is 3. The molecule has 26 heavy (non-hydrogen) atoms. The number of piperidine rings is 1. The average molecular weight is 363 g/mol. The Morgan fingerprint density at radius 2 is 1.96 bits per heavy atom. The van der Waals surface area contributed by atoms with E-state index in [0.29, 0.717) is 24.3 Å². The van der Waals surface area contributed by atoms with Gasteiger partial charge in [0.05, 0.1) is 10.6 Å². The largest absolute Gasteiger partial charge is 0.444 e. The van der Waals surface area contributed by atoms with Crippen LogP contribution in [0, 0.1) is 10.1 Å². The normalized spacial score (nSPS) is 15.9. The van der Waals surface area contributed by atoms with E-state index in [1.807, 2.05) is 20.8 Å². The second kappa shape index (κ2) is 6.77. The van der Waals surface area contributed by atoms with Crippen molar-refractivity contribution < 1.29 is 19.1 Å². The number of likely N-dealkylation sites (tertiary alicyclic amines) is 1. The second-order valence-corrected chi connectivity index (χ2v) is 7.24. The summed E-state index contributed by atoms with van der Waals surface area (Å²) in [6.07, 6.45) is 1.14. The predicted molar refractivity (Wildman–Crippen MR) is 92.9 cm³/mol. The number of benzene rings is 1. The Morgan fingerprint density at radius 3 is 2.58 bits per heavy atom. The van der Waals surface area contributed by atoms with E-state index in [-0.39, 0.29) is 23.3 Å². The summed E-state index contributed by atoms with van der Waals surface area (Å²) in [6, 6.07) is 3.09.